The summed E-state index contributed by atoms with van der Waals surface area (Å²) in [7, 11) is 0. The van der Waals surface area contributed by atoms with Gasteiger partial charge in [0.2, 0.25) is 0 Å². The van der Waals surface area contributed by atoms with E-state index in [1.165, 1.54) is 18.2 Å². The lowest BCUT2D eigenvalue weighted by Crippen LogP contribution is -2.06. The fourth-order valence-electron chi connectivity index (χ4n) is 1.33. The van der Waals surface area contributed by atoms with Crippen molar-refractivity contribution >= 4 is 22.5 Å². The maximum Gasteiger partial charge on any atom is 0.293 e. The molecule has 2 aromatic rings. The van der Waals surface area contributed by atoms with Crippen molar-refractivity contribution in [3.63, 3.8) is 0 Å². The molecule has 0 saturated carbocycles. The number of benzene rings is 1. The van der Waals surface area contributed by atoms with Crippen LogP contribution in [-0.2, 0) is 4.79 Å². The first-order valence-corrected chi connectivity index (χ1v) is 4.52. The summed E-state index contributed by atoms with van der Waals surface area (Å²) in [5.41, 5.74) is 5.63. The normalized spacial score (nSPS) is 9.65. The topological polar surface area (TPSA) is 115 Å². The van der Waals surface area contributed by atoms with E-state index < -0.39 is 10.8 Å². The van der Waals surface area contributed by atoms with E-state index in [1.807, 2.05) is 0 Å². The summed E-state index contributed by atoms with van der Waals surface area (Å²) < 4.78 is 0. The Balaban J connectivity index is 2.53. The second kappa shape index (κ2) is 3.94. The van der Waals surface area contributed by atoms with Crippen molar-refractivity contribution in [2.75, 3.05) is 0 Å². The lowest BCUT2D eigenvalue weighted by atomic mass is 10.2. The van der Waals surface area contributed by atoms with Gasteiger partial charge >= 0.3 is 0 Å². The van der Waals surface area contributed by atoms with Gasteiger partial charge in [-0.05, 0) is 12.0 Å². The van der Waals surface area contributed by atoms with Crippen molar-refractivity contribution in [3.05, 3.63) is 34.0 Å². The maximum atomic E-state index is 10.5. The van der Waals surface area contributed by atoms with Crippen LogP contribution in [0.15, 0.2) is 18.2 Å². The summed E-state index contributed by atoms with van der Waals surface area (Å²) in [6, 6.07) is 4.18. The number of hydrogen-bond acceptors (Lipinski definition) is 4. The van der Waals surface area contributed by atoms with E-state index in [1.54, 1.807) is 0 Å². The second-order valence-corrected chi connectivity index (χ2v) is 3.17. The third-order valence-electron chi connectivity index (χ3n) is 2.06. The van der Waals surface area contributed by atoms with Gasteiger partial charge in [0, 0.05) is 23.4 Å². The molecule has 0 aliphatic carbocycles. The summed E-state index contributed by atoms with van der Waals surface area (Å²) in [5.74, 6) is 3.91. The molecule has 0 radical (unpaired) electrons. The van der Waals surface area contributed by atoms with Crippen molar-refractivity contribution in [1.29, 1.82) is 0 Å². The number of nitrogens with one attached hydrogen (secondary N) is 1. The average Bonchev–Trinajstić information content (AvgIpc) is 2.68. The average molecular weight is 230 g/mol. The van der Waals surface area contributed by atoms with E-state index >= 15 is 0 Å². The highest BCUT2D eigenvalue weighted by molar-refractivity contribution is 5.94. The number of aromatic amines is 1. The third kappa shape index (κ3) is 2.05. The fraction of sp³-hybridized carbons (Fsp3) is 0. The van der Waals surface area contributed by atoms with Crippen molar-refractivity contribution in [2.45, 2.75) is 0 Å². The standard InChI is InChI=1S/C10H6N4O3/c11-10(15)4-3-8-7-2-1-6(14(16)17)5-9(7)13-12-8/h1-2,5H,(H2,11,15)(H,12,13). The Kier molecular flexibility index (Phi) is 2.46. The number of carbonyl (C=O) groups excluding carboxylic acids is 1. The molecule has 1 heterocycles. The van der Waals surface area contributed by atoms with Crippen molar-refractivity contribution in [2.24, 2.45) is 5.73 Å². The summed E-state index contributed by atoms with van der Waals surface area (Å²) in [4.78, 5) is 20.5. The number of nitrogens with two attached hydrogens (primary N) is 1. The van der Waals surface area contributed by atoms with Crippen molar-refractivity contribution < 1.29 is 9.72 Å². The summed E-state index contributed by atoms with van der Waals surface area (Å²) in [6.07, 6.45) is 0. The third-order valence-corrected chi connectivity index (χ3v) is 2.06. The molecule has 0 aliphatic rings. The van der Waals surface area contributed by atoms with Gasteiger partial charge in [0.1, 0.15) is 11.2 Å². The molecule has 1 amide bonds. The Morgan fingerprint density at radius 1 is 1.53 bits per heavy atom. The molecular formula is C10H6N4O3. The smallest absolute Gasteiger partial charge is 0.293 e. The molecule has 2 rings (SSSR count). The molecule has 3 N–H and O–H groups in total. The first kappa shape index (κ1) is 10.6. The van der Waals surface area contributed by atoms with Gasteiger partial charge in [-0.3, -0.25) is 20.0 Å². The summed E-state index contributed by atoms with van der Waals surface area (Å²) in [6.45, 7) is 0. The van der Waals surface area contributed by atoms with Gasteiger partial charge in [-0.25, -0.2) is 0 Å². The zero-order valence-corrected chi connectivity index (χ0v) is 8.43. The van der Waals surface area contributed by atoms with E-state index in [4.69, 9.17) is 5.73 Å². The minimum Gasteiger partial charge on any atom is -0.359 e. The number of H-pyrrole nitrogens is 1. The number of aromatic nitrogens is 2. The predicted molar refractivity (Wildman–Crippen MR) is 58.8 cm³/mol. The van der Waals surface area contributed by atoms with E-state index in [0.717, 1.165) is 0 Å². The fourth-order valence-corrected chi connectivity index (χ4v) is 1.33. The number of nitro groups is 1. The lowest BCUT2D eigenvalue weighted by Gasteiger charge is -1.90. The lowest BCUT2D eigenvalue weighted by molar-refractivity contribution is -0.384. The maximum absolute atomic E-state index is 10.5. The molecule has 84 valence electrons. The van der Waals surface area contributed by atoms with Crippen LogP contribution in [0, 0.1) is 22.0 Å². The van der Waals surface area contributed by atoms with Crippen LogP contribution in [0.4, 0.5) is 5.69 Å². The van der Waals surface area contributed by atoms with Gasteiger partial charge in [-0.2, -0.15) is 5.10 Å². The number of nitrogens with zero attached hydrogens (tertiary/aromatic N) is 2. The minimum atomic E-state index is -0.755. The minimum absolute atomic E-state index is 0.0570. The van der Waals surface area contributed by atoms with Gasteiger partial charge in [0.25, 0.3) is 11.6 Å². The number of amides is 1. The number of fused-ring (bicyclic) bond motifs is 1. The van der Waals surface area contributed by atoms with E-state index in [-0.39, 0.29) is 5.69 Å². The van der Waals surface area contributed by atoms with E-state index in [0.29, 0.717) is 16.6 Å². The van der Waals surface area contributed by atoms with Crippen LogP contribution in [-0.4, -0.2) is 21.0 Å². The highest BCUT2D eigenvalue weighted by Crippen LogP contribution is 2.20. The van der Waals surface area contributed by atoms with Crippen molar-refractivity contribution in [3.8, 4) is 11.8 Å². The van der Waals surface area contributed by atoms with Crippen LogP contribution >= 0.6 is 0 Å². The highest BCUT2D eigenvalue weighted by atomic mass is 16.6. The number of rotatable bonds is 1. The Morgan fingerprint density at radius 2 is 2.29 bits per heavy atom. The number of carbonyl (C=O) groups is 1. The van der Waals surface area contributed by atoms with Crippen LogP contribution in [0.5, 0.6) is 0 Å². The molecular weight excluding hydrogens is 224 g/mol. The molecule has 17 heavy (non-hydrogen) atoms. The van der Waals surface area contributed by atoms with Crippen LogP contribution in [0.3, 0.4) is 0 Å². The number of primary amides is 1. The SMILES string of the molecule is NC(=O)C#Cc1[nH]nc2cc([N+](=O)[O-])ccc12. The van der Waals surface area contributed by atoms with Gasteiger partial charge in [-0.15, -0.1) is 0 Å². The Hall–Kier alpha value is -2.88. The number of non-ortho nitro benzene ring substituents is 1. The molecule has 0 fully saturated rings. The van der Waals surface area contributed by atoms with Gasteiger partial charge in [0.15, 0.2) is 0 Å². The molecule has 0 unspecified atom stereocenters. The molecule has 7 nitrogen and oxygen atoms in total. The summed E-state index contributed by atoms with van der Waals surface area (Å²) >= 11 is 0. The Labute approximate surface area is 94.8 Å². The van der Waals surface area contributed by atoms with Crippen LogP contribution in [0.25, 0.3) is 10.9 Å². The van der Waals surface area contributed by atoms with Crippen molar-refractivity contribution in [1.82, 2.24) is 10.2 Å². The van der Waals surface area contributed by atoms with E-state index in [2.05, 4.69) is 22.0 Å². The zero-order chi connectivity index (χ0) is 12.4. The highest BCUT2D eigenvalue weighted by Gasteiger charge is 2.09. The van der Waals surface area contributed by atoms with E-state index in [9.17, 15) is 14.9 Å². The van der Waals surface area contributed by atoms with Crippen LogP contribution < -0.4 is 5.73 Å². The van der Waals surface area contributed by atoms with Crippen LogP contribution in [0.1, 0.15) is 5.69 Å². The van der Waals surface area contributed by atoms with Crippen LogP contribution in [0.2, 0.25) is 0 Å². The largest absolute Gasteiger partial charge is 0.359 e. The Morgan fingerprint density at radius 3 is 2.94 bits per heavy atom. The molecule has 0 spiro atoms. The van der Waals surface area contributed by atoms with Gasteiger partial charge in [0.05, 0.1) is 4.92 Å². The first-order chi connectivity index (χ1) is 8.08. The molecule has 0 bridgehead atoms. The Bertz CT molecular complexity index is 678. The first-order valence-electron chi connectivity index (χ1n) is 4.52. The quantitative estimate of drug-likeness (QED) is 0.416. The zero-order valence-electron chi connectivity index (χ0n) is 8.43. The van der Waals surface area contributed by atoms with Gasteiger partial charge in [-0.1, -0.05) is 0 Å². The van der Waals surface area contributed by atoms with Gasteiger partial charge < -0.3 is 5.73 Å². The molecule has 0 saturated heterocycles. The molecule has 7 heteroatoms. The number of hydrogen-bond donors (Lipinski definition) is 2. The number of nitro benzene ring substituents is 1. The second-order valence-electron chi connectivity index (χ2n) is 3.17. The molecule has 0 atom stereocenters. The molecule has 1 aromatic carbocycles. The molecule has 0 aliphatic heterocycles. The summed E-state index contributed by atoms with van der Waals surface area (Å²) in [5, 5.41) is 17.6. The molecule has 1 aromatic heterocycles. The monoisotopic (exact) mass is 230 g/mol. The predicted octanol–water partition coefficient (Wildman–Crippen LogP) is 0.308.